The highest BCUT2D eigenvalue weighted by Gasteiger charge is 2.10. The van der Waals surface area contributed by atoms with Gasteiger partial charge in [-0.05, 0) is 48.5 Å². The molecule has 0 atom stereocenters. The van der Waals surface area contributed by atoms with Gasteiger partial charge >= 0.3 is 0 Å². The fraction of sp³-hybridized carbons (Fsp3) is 0.0909. The molecule has 0 aromatic heterocycles. The molecule has 0 aliphatic carbocycles. The summed E-state index contributed by atoms with van der Waals surface area (Å²) in [5, 5.41) is 9.26. The van der Waals surface area contributed by atoms with Crippen molar-refractivity contribution in [2.24, 2.45) is 0 Å². The van der Waals surface area contributed by atoms with E-state index in [2.05, 4.69) is 16.0 Å². The maximum atomic E-state index is 12.4. The van der Waals surface area contributed by atoms with Crippen LogP contribution in [0.3, 0.4) is 0 Å². The third-order valence-corrected chi connectivity index (χ3v) is 5.00. The quantitative estimate of drug-likeness (QED) is 0.462. The lowest BCUT2D eigenvalue weighted by Gasteiger charge is -2.11. The van der Waals surface area contributed by atoms with Crippen molar-refractivity contribution in [2.75, 3.05) is 29.6 Å². The zero-order valence-electron chi connectivity index (χ0n) is 16.0. The number of para-hydroxylation sites is 2. The predicted molar refractivity (Wildman–Crippen MR) is 121 cm³/mol. The zero-order valence-corrected chi connectivity index (χ0v) is 17.6. The van der Waals surface area contributed by atoms with Crippen molar-refractivity contribution in [1.82, 2.24) is 0 Å². The minimum Gasteiger partial charge on any atom is -0.495 e. The molecule has 0 aliphatic heterocycles. The summed E-state index contributed by atoms with van der Waals surface area (Å²) in [5.74, 6) is 0.0222. The maximum absolute atomic E-state index is 12.4. The Morgan fingerprint density at radius 1 is 0.867 bits per heavy atom. The van der Waals surface area contributed by atoms with Gasteiger partial charge in [-0.25, -0.2) is 0 Å². The largest absolute Gasteiger partial charge is 0.495 e. The lowest BCUT2D eigenvalue weighted by Crippen LogP contribution is -2.22. The number of ether oxygens (including phenoxy) is 1. The van der Waals surface area contributed by atoms with Crippen LogP contribution in [0.5, 0.6) is 5.75 Å². The number of hydrogen-bond acceptors (Lipinski definition) is 4. The van der Waals surface area contributed by atoms with E-state index in [4.69, 9.17) is 27.9 Å². The summed E-state index contributed by atoms with van der Waals surface area (Å²) in [4.78, 5) is 24.6. The molecule has 0 saturated heterocycles. The summed E-state index contributed by atoms with van der Waals surface area (Å²) in [6.07, 6.45) is 0. The van der Waals surface area contributed by atoms with Gasteiger partial charge in [-0.2, -0.15) is 0 Å². The predicted octanol–water partition coefficient (Wildman–Crippen LogP) is 5.30. The molecular weight excluding hydrogens is 425 g/mol. The third-order valence-electron chi connectivity index (χ3n) is 4.18. The van der Waals surface area contributed by atoms with E-state index in [9.17, 15) is 9.59 Å². The van der Waals surface area contributed by atoms with Crippen LogP contribution >= 0.6 is 23.2 Å². The molecule has 3 aromatic rings. The summed E-state index contributed by atoms with van der Waals surface area (Å²) in [7, 11) is 1.54. The number of anilines is 3. The molecule has 0 unspecified atom stereocenters. The maximum Gasteiger partial charge on any atom is 0.255 e. The highest BCUT2D eigenvalue weighted by molar-refractivity contribution is 6.43. The molecule has 6 nitrogen and oxygen atoms in total. The molecule has 0 heterocycles. The van der Waals surface area contributed by atoms with Crippen molar-refractivity contribution in [3.05, 3.63) is 82.3 Å². The van der Waals surface area contributed by atoms with Crippen LogP contribution in [0.4, 0.5) is 17.1 Å². The van der Waals surface area contributed by atoms with Crippen molar-refractivity contribution in [3.63, 3.8) is 0 Å². The van der Waals surface area contributed by atoms with Crippen LogP contribution in [0.2, 0.25) is 10.0 Å². The topological polar surface area (TPSA) is 79.5 Å². The SMILES string of the molecule is COc1ccccc1NC(=O)c1ccc(NC(=O)CNc2cccc(Cl)c2Cl)cc1. The second kappa shape index (κ2) is 10.0. The first-order valence-corrected chi connectivity index (χ1v) is 9.75. The van der Waals surface area contributed by atoms with Gasteiger partial charge in [0.05, 0.1) is 35.1 Å². The molecule has 154 valence electrons. The highest BCUT2D eigenvalue weighted by Crippen LogP contribution is 2.29. The molecule has 0 aliphatic rings. The number of hydrogen-bond donors (Lipinski definition) is 3. The van der Waals surface area contributed by atoms with Crippen LogP contribution < -0.4 is 20.7 Å². The Labute approximate surface area is 184 Å². The average molecular weight is 444 g/mol. The molecule has 2 amide bonds. The van der Waals surface area contributed by atoms with Gasteiger partial charge < -0.3 is 20.7 Å². The summed E-state index contributed by atoms with van der Waals surface area (Å²) < 4.78 is 5.23. The monoisotopic (exact) mass is 443 g/mol. The van der Waals surface area contributed by atoms with Gasteiger partial charge in [-0.1, -0.05) is 41.4 Å². The molecule has 8 heteroatoms. The van der Waals surface area contributed by atoms with E-state index in [1.807, 2.05) is 6.07 Å². The van der Waals surface area contributed by atoms with Gasteiger partial charge in [0.2, 0.25) is 5.91 Å². The van der Waals surface area contributed by atoms with Gasteiger partial charge in [0.15, 0.2) is 0 Å². The van der Waals surface area contributed by atoms with Gasteiger partial charge in [0, 0.05) is 11.3 Å². The first kappa shape index (κ1) is 21.5. The van der Waals surface area contributed by atoms with Crippen LogP contribution in [0, 0.1) is 0 Å². The zero-order chi connectivity index (χ0) is 21.5. The molecule has 0 radical (unpaired) electrons. The van der Waals surface area contributed by atoms with Gasteiger partial charge in [0.1, 0.15) is 5.75 Å². The molecule has 30 heavy (non-hydrogen) atoms. The molecule has 3 rings (SSSR count). The summed E-state index contributed by atoms with van der Waals surface area (Å²) in [6.45, 7) is 0.0100. The smallest absolute Gasteiger partial charge is 0.255 e. The van der Waals surface area contributed by atoms with E-state index in [0.29, 0.717) is 38.4 Å². The van der Waals surface area contributed by atoms with Crippen molar-refractivity contribution in [2.45, 2.75) is 0 Å². The van der Waals surface area contributed by atoms with E-state index >= 15 is 0 Å². The summed E-state index contributed by atoms with van der Waals surface area (Å²) >= 11 is 12.0. The minimum atomic E-state index is -0.283. The standard InChI is InChI=1S/C22H19Cl2N3O3/c1-30-19-8-3-2-6-17(19)27-22(29)14-9-11-15(12-10-14)26-20(28)13-25-18-7-4-5-16(23)21(18)24/h2-12,25H,13H2,1H3,(H,26,28)(H,27,29). The van der Waals surface area contributed by atoms with Gasteiger partial charge in [-0.3, -0.25) is 9.59 Å². The number of methoxy groups -OCH3 is 1. The number of rotatable bonds is 7. The fourth-order valence-corrected chi connectivity index (χ4v) is 3.04. The second-order valence-corrected chi connectivity index (χ2v) is 7.02. The number of carbonyl (C=O) groups excluding carboxylic acids is 2. The summed E-state index contributed by atoms with van der Waals surface area (Å²) in [6, 6.07) is 18.8. The third kappa shape index (κ3) is 5.43. The van der Waals surface area contributed by atoms with Crippen LogP contribution in [0.1, 0.15) is 10.4 Å². The first-order chi connectivity index (χ1) is 14.5. The Bertz CT molecular complexity index is 1060. The normalized spacial score (nSPS) is 10.2. The van der Waals surface area contributed by atoms with Crippen LogP contribution in [-0.4, -0.2) is 25.5 Å². The van der Waals surface area contributed by atoms with Gasteiger partial charge in [0.25, 0.3) is 5.91 Å². The average Bonchev–Trinajstić information content (AvgIpc) is 2.75. The molecule has 0 fully saturated rings. The van der Waals surface area contributed by atoms with Crippen molar-refractivity contribution in [3.8, 4) is 5.75 Å². The fourth-order valence-electron chi connectivity index (χ4n) is 2.67. The van der Waals surface area contributed by atoms with Crippen molar-refractivity contribution in [1.29, 1.82) is 0 Å². The van der Waals surface area contributed by atoms with Crippen molar-refractivity contribution < 1.29 is 14.3 Å². The van der Waals surface area contributed by atoms with E-state index in [1.165, 1.54) is 7.11 Å². The Hall–Kier alpha value is -3.22. The molecule has 3 N–H and O–H groups in total. The molecule has 0 bridgehead atoms. The van der Waals surface area contributed by atoms with E-state index in [1.54, 1.807) is 60.7 Å². The van der Waals surface area contributed by atoms with Gasteiger partial charge in [-0.15, -0.1) is 0 Å². The second-order valence-electron chi connectivity index (χ2n) is 6.23. The highest BCUT2D eigenvalue weighted by atomic mass is 35.5. The Balaban J connectivity index is 1.56. The first-order valence-electron chi connectivity index (χ1n) is 9.00. The Morgan fingerprint density at radius 2 is 1.57 bits per heavy atom. The number of halogens is 2. The van der Waals surface area contributed by atoms with E-state index < -0.39 is 0 Å². The van der Waals surface area contributed by atoms with Crippen LogP contribution in [-0.2, 0) is 4.79 Å². The van der Waals surface area contributed by atoms with E-state index in [0.717, 1.165) is 0 Å². The Kier molecular flexibility index (Phi) is 7.17. The molecular formula is C22H19Cl2N3O3. The number of benzene rings is 3. The van der Waals surface area contributed by atoms with Crippen LogP contribution in [0.25, 0.3) is 0 Å². The Morgan fingerprint density at radius 3 is 2.30 bits per heavy atom. The number of amides is 2. The molecule has 0 spiro atoms. The molecule has 3 aromatic carbocycles. The molecule has 0 saturated carbocycles. The number of nitrogens with one attached hydrogen (secondary N) is 3. The van der Waals surface area contributed by atoms with E-state index in [-0.39, 0.29) is 18.4 Å². The lowest BCUT2D eigenvalue weighted by atomic mass is 10.2. The lowest BCUT2D eigenvalue weighted by molar-refractivity contribution is -0.114. The summed E-state index contributed by atoms with van der Waals surface area (Å²) in [5.41, 5.74) is 2.16. The van der Waals surface area contributed by atoms with Crippen LogP contribution in [0.15, 0.2) is 66.7 Å². The minimum absolute atomic E-state index is 0.0100. The number of carbonyl (C=O) groups is 2. The van der Waals surface area contributed by atoms with Crippen molar-refractivity contribution >= 4 is 52.1 Å².